The third-order valence-electron chi connectivity index (χ3n) is 3.41. The molecule has 0 spiro atoms. The number of anilines is 1. The van der Waals surface area contributed by atoms with Crippen LogP contribution in [0.15, 0.2) is 6.07 Å². The zero-order chi connectivity index (χ0) is 14.2. The van der Waals surface area contributed by atoms with Crippen LogP contribution < -0.4 is 4.90 Å². The van der Waals surface area contributed by atoms with E-state index in [1.54, 1.807) is 6.07 Å². The van der Waals surface area contributed by atoms with E-state index >= 15 is 0 Å². The molecular weight excluding hydrogens is 246 g/mol. The van der Waals surface area contributed by atoms with Gasteiger partial charge in [-0.25, -0.2) is 4.79 Å². The molecule has 2 N–H and O–H groups in total. The summed E-state index contributed by atoms with van der Waals surface area (Å²) in [6, 6.07) is 1.64. The van der Waals surface area contributed by atoms with Crippen molar-refractivity contribution in [1.29, 1.82) is 0 Å². The van der Waals surface area contributed by atoms with Gasteiger partial charge in [0.2, 0.25) is 0 Å². The fourth-order valence-corrected chi connectivity index (χ4v) is 2.39. The van der Waals surface area contributed by atoms with E-state index < -0.39 is 12.2 Å². The van der Waals surface area contributed by atoms with Crippen LogP contribution in [0.5, 0.6) is 0 Å². The molecule has 0 saturated heterocycles. The molecule has 1 unspecified atom stereocenters. The first-order valence-electron chi connectivity index (χ1n) is 6.43. The normalized spacial score (nSPS) is 18.2. The molecular formula is C13H19N3O3. The van der Waals surface area contributed by atoms with Gasteiger partial charge in [0.05, 0.1) is 23.2 Å². The minimum absolute atomic E-state index is 0.352. The van der Waals surface area contributed by atoms with Crippen molar-refractivity contribution in [3.63, 3.8) is 0 Å². The molecule has 1 amide bonds. The van der Waals surface area contributed by atoms with Gasteiger partial charge in [0.1, 0.15) is 0 Å². The summed E-state index contributed by atoms with van der Waals surface area (Å²) in [7, 11) is 0. The van der Waals surface area contributed by atoms with E-state index in [9.17, 15) is 15.0 Å². The Labute approximate surface area is 112 Å². The number of aromatic nitrogens is 2. The molecule has 0 fully saturated rings. The lowest BCUT2D eigenvalue weighted by Crippen LogP contribution is -2.32. The number of nitrogens with zero attached hydrogens (tertiary/aromatic N) is 3. The zero-order valence-electron chi connectivity index (χ0n) is 11.4. The molecule has 104 valence electrons. The monoisotopic (exact) mass is 265 g/mol. The van der Waals surface area contributed by atoms with Crippen LogP contribution in [-0.2, 0) is 5.41 Å². The Morgan fingerprint density at radius 1 is 1.53 bits per heavy atom. The highest BCUT2D eigenvalue weighted by molar-refractivity contribution is 5.89. The van der Waals surface area contributed by atoms with E-state index in [4.69, 9.17) is 0 Å². The largest absolute Gasteiger partial charge is 0.465 e. The average Bonchev–Trinajstić information content (AvgIpc) is 2.61. The van der Waals surface area contributed by atoms with E-state index in [1.807, 2.05) is 20.8 Å². The molecule has 1 atom stereocenters. The Morgan fingerprint density at radius 2 is 2.21 bits per heavy atom. The molecule has 0 bridgehead atoms. The molecule has 2 heterocycles. The predicted molar refractivity (Wildman–Crippen MR) is 70.3 cm³/mol. The molecule has 0 aromatic carbocycles. The van der Waals surface area contributed by atoms with Gasteiger partial charge in [0.25, 0.3) is 0 Å². The molecule has 6 heteroatoms. The molecule has 0 saturated carbocycles. The van der Waals surface area contributed by atoms with Crippen LogP contribution in [0.3, 0.4) is 0 Å². The maximum absolute atomic E-state index is 11.3. The summed E-state index contributed by atoms with van der Waals surface area (Å²) in [5, 5.41) is 27.4. The van der Waals surface area contributed by atoms with Gasteiger partial charge in [-0.05, 0) is 12.5 Å². The number of rotatable bonds is 3. The minimum Gasteiger partial charge on any atom is -0.465 e. The summed E-state index contributed by atoms with van der Waals surface area (Å²) in [6.45, 7) is 6.20. The maximum Gasteiger partial charge on any atom is 0.411 e. The summed E-state index contributed by atoms with van der Waals surface area (Å²) in [4.78, 5) is 12.5. The van der Waals surface area contributed by atoms with Crippen LogP contribution in [0.1, 0.15) is 51.1 Å². The van der Waals surface area contributed by atoms with Crippen LogP contribution in [0.2, 0.25) is 0 Å². The molecule has 6 nitrogen and oxygen atoms in total. The van der Waals surface area contributed by atoms with Gasteiger partial charge in [0, 0.05) is 12.0 Å². The van der Waals surface area contributed by atoms with Crippen molar-refractivity contribution in [2.45, 2.75) is 45.1 Å². The van der Waals surface area contributed by atoms with Crippen LogP contribution >= 0.6 is 0 Å². The summed E-state index contributed by atoms with van der Waals surface area (Å²) >= 11 is 0. The number of amides is 1. The van der Waals surface area contributed by atoms with Crippen LogP contribution in [0.4, 0.5) is 10.5 Å². The standard InChI is InChI=1S/C13H19N3O3/c1-4-5-10(17)8-6-9-11(15-14-8)13(2,3)7-16(9)12(18)19/h6,10,17H,4-5,7H2,1-3H3,(H,18,19). The smallest absolute Gasteiger partial charge is 0.411 e. The van der Waals surface area contributed by atoms with Crippen molar-refractivity contribution in [1.82, 2.24) is 10.2 Å². The zero-order valence-corrected chi connectivity index (χ0v) is 11.4. The first kappa shape index (κ1) is 13.7. The van der Waals surface area contributed by atoms with Gasteiger partial charge in [0.15, 0.2) is 0 Å². The number of fused-ring (bicyclic) bond motifs is 1. The Balaban J connectivity index is 2.43. The maximum atomic E-state index is 11.3. The van der Waals surface area contributed by atoms with Crippen molar-refractivity contribution in [3.05, 3.63) is 17.5 Å². The first-order chi connectivity index (χ1) is 8.86. The SMILES string of the molecule is CCCC(O)c1cc2c(nn1)C(C)(C)CN2C(=O)O. The molecule has 1 aliphatic heterocycles. The van der Waals surface area contributed by atoms with Gasteiger partial charge in [-0.15, -0.1) is 0 Å². The molecule has 0 aliphatic carbocycles. The van der Waals surface area contributed by atoms with Crippen molar-refractivity contribution in [2.75, 3.05) is 11.4 Å². The highest BCUT2D eigenvalue weighted by Gasteiger charge is 2.40. The Bertz CT molecular complexity index is 502. The van der Waals surface area contributed by atoms with Gasteiger partial charge in [-0.2, -0.15) is 10.2 Å². The molecule has 1 aliphatic rings. The second-order valence-corrected chi connectivity index (χ2v) is 5.56. The summed E-state index contributed by atoms with van der Waals surface area (Å²) in [6.07, 6.45) is -0.282. The van der Waals surface area contributed by atoms with E-state index in [0.717, 1.165) is 6.42 Å². The number of carbonyl (C=O) groups is 1. The average molecular weight is 265 g/mol. The van der Waals surface area contributed by atoms with Crippen molar-refractivity contribution < 1.29 is 15.0 Å². The Morgan fingerprint density at radius 3 is 2.79 bits per heavy atom. The summed E-state index contributed by atoms with van der Waals surface area (Å²) in [5.74, 6) is 0. The summed E-state index contributed by atoms with van der Waals surface area (Å²) < 4.78 is 0. The Hall–Kier alpha value is -1.69. The fraction of sp³-hybridized carbons (Fsp3) is 0.615. The van der Waals surface area contributed by atoms with E-state index in [-0.39, 0.29) is 5.41 Å². The lowest BCUT2D eigenvalue weighted by molar-refractivity contribution is 0.160. The molecule has 2 rings (SSSR count). The lowest BCUT2D eigenvalue weighted by atomic mass is 9.91. The van der Waals surface area contributed by atoms with Gasteiger partial charge < -0.3 is 10.2 Å². The highest BCUT2D eigenvalue weighted by atomic mass is 16.4. The van der Waals surface area contributed by atoms with Crippen molar-refractivity contribution >= 4 is 11.8 Å². The second kappa shape index (κ2) is 4.77. The molecule has 1 aromatic heterocycles. The van der Waals surface area contributed by atoms with Crippen LogP contribution in [-0.4, -0.2) is 33.0 Å². The fourth-order valence-electron chi connectivity index (χ4n) is 2.39. The van der Waals surface area contributed by atoms with Gasteiger partial charge in [-0.3, -0.25) is 4.90 Å². The predicted octanol–water partition coefficient (Wildman–Crippen LogP) is 2.09. The van der Waals surface area contributed by atoms with E-state index in [1.165, 1.54) is 4.90 Å². The van der Waals surface area contributed by atoms with Crippen LogP contribution in [0.25, 0.3) is 0 Å². The topological polar surface area (TPSA) is 86.6 Å². The van der Waals surface area contributed by atoms with E-state index in [0.29, 0.717) is 30.0 Å². The number of carboxylic acid groups (broad SMARTS) is 1. The molecule has 1 aromatic rings. The quantitative estimate of drug-likeness (QED) is 0.873. The second-order valence-electron chi connectivity index (χ2n) is 5.56. The number of aliphatic hydroxyl groups is 1. The molecule has 0 radical (unpaired) electrons. The third kappa shape index (κ3) is 2.40. The number of hydrogen-bond acceptors (Lipinski definition) is 4. The minimum atomic E-state index is -1.00. The lowest BCUT2D eigenvalue weighted by Gasteiger charge is -2.16. The Kier molecular flexibility index (Phi) is 3.45. The number of aliphatic hydroxyl groups excluding tert-OH is 1. The number of hydrogen-bond donors (Lipinski definition) is 2. The van der Waals surface area contributed by atoms with Crippen LogP contribution in [0, 0.1) is 0 Å². The third-order valence-corrected chi connectivity index (χ3v) is 3.41. The first-order valence-corrected chi connectivity index (χ1v) is 6.43. The van der Waals surface area contributed by atoms with Gasteiger partial charge >= 0.3 is 6.09 Å². The van der Waals surface area contributed by atoms with Crippen molar-refractivity contribution in [2.24, 2.45) is 0 Å². The highest BCUT2D eigenvalue weighted by Crippen LogP contribution is 2.39. The summed E-state index contributed by atoms with van der Waals surface area (Å²) in [5.41, 5.74) is 1.29. The van der Waals surface area contributed by atoms with E-state index in [2.05, 4.69) is 10.2 Å². The van der Waals surface area contributed by atoms with Crippen molar-refractivity contribution in [3.8, 4) is 0 Å². The van der Waals surface area contributed by atoms with Gasteiger partial charge in [-0.1, -0.05) is 27.2 Å². The molecule has 19 heavy (non-hydrogen) atoms.